The number of carbonyl (C=O) groups excluding carboxylic acids is 1. The molecule has 7 heteroatoms. The Kier molecular flexibility index (Phi) is 7.41. The van der Waals surface area contributed by atoms with Crippen molar-refractivity contribution in [3.63, 3.8) is 0 Å². The van der Waals surface area contributed by atoms with E-state index in [9.17, 15) is 24.6 Å². The maximum absolute atomic E-state index is 14.3. The third kappa shape index (κ3) is 5.52. The van der Waals surface area contributed by atoms with Gasteiger partial charge in [0.1, 0.15) is 11.5 Å². The van der Waals surface area contributed by atoms with Crippen LogP contribution in [0.3, 0.4) is 0 Å². The Balaban J connectivity index is 1.58. The largest absolute Gasteiger partial charge is 0.478 e. The third-order valence-corrected chi connectivity index (χ3v) is 6.94. The van der Waals surface area contributed by atoms with E-state index in [2.05, 4.69) is 0 Å². The van der Waals surface area contributed by atoms with Crippen molar-refractivity contribution in [3.8, 4) is 11.5 Å². The van der Waals surface area contributed by atoms with Gasteiger partial charge in [0.05, 0.1) is 22.7 Å². The van der Waals surface area contributed by atoms with Gasteiger partial charge in [0, 0.05) is 6.54 Å². The van der Waals surface area contributed by atoms with Crippen LogP contribution in [0.15, 0.2) is 97.1 Å². The van der Waals surface area contributed by atoms with Crippen molar-refractivity contribution in [2.45, 2.75) is 31.8 Å². The summed E-state index contributed by atoms with van der Waals surface area (Å²) in [6.07, 6.45) is 2.39. The number of aromatic carboxylic acids is 2. The molecule has 196 valence electrons. The molecule has 0 aromatic heterocycles. The Labute approximate surface area is 225 Å². The van der Waals surface area contributed by atoms with E-state index >= 15 is 0 Å². The number of carboxylic acid groups (broad SMARTS) is 2. The number of aryl methyl sites for hydroxylation is 1. The summed E-state index contributed by atoms with van der Waals surface area (Å²) >= 11 is 0. The fourth-order valence-electron chi connectivity index (χ4n) is 5.19. The number of carboxylic acids is 2. The first-order valence-electron chi connectivity index (χ1n) is 12.7. The van der Waals surface area contributed by atoms with Crippen LogP contribution in [0.2, 0.25) is 0 Å². The second-order valence-electron chi connectivity index (χ2n) is 9.44. The molecule has 39 heavy (non-hydrogen) atoms. The zero-order valence-corrected chi connectivity index (χ0v) is 21.1. The molecule has 7 nitrogen and oxygen atoms in total. The van der Waals surface area contributed by atoms with Gasteiger partial charge in [-0.1, -0.05) is 60.7 Å². The van der Waals surface area contributed by atoms with Crippen LogP contribution < -0.4 is 4.74 Å². The maximum Gasteiger partial charge on any atom is 0.336 e. The van der Waals surface area contributed by atoms with Crippen LogP contribution in [0.1, 0.15) is 66.6 Å². The highest BCUT2D eigenvalue weighted by Crippen LogP contribution is 2.37. The Hall–Kier alpha value is -4.91. The predicted octanol–water partition coefficient (Wildman–Crippen LogP) is 6.60. The van der Waals surface area contributed by atoms with Gasteiger partial charge >= 0.3 is 11.9 Å². The zero-order chi connectivity index (χ0) is 27.4. The topological polar surface area (TPSA) is 104 Å². The minimum Gasteiger partial charge on any atom is -0.478 e. The van der Waals surface area contributed by atoms with E-state index < -0.39 is 17.8 Å². The van der Waals surface area contributed by atoms with Gasteiger partial charge in [0.25, 0.3) is 5.91 Å². The number of nitrogens with zero attached hydrogens (tertiary/aromatic N) is 1. The van der Waals surface area contributed by atoms with Crippen molar-refractivity contribution < 1.29 is 29.3 Å². The number of rotatable bonds is 8. The molecule has 0 saturated carbocycles. The summed E-state index contributed by atoms with van der Waals surface area (Å²) in [5.74, 6) is -2.09. The average Bonchev–Trinajstić information content (AvgIpc) is 2.95. The highest BCUT2D eigenvalue weighted by molar-refractivity contribution is 6.11. The minimum absolute atomic E-state index is 0.136. The third-order valence-electron chi connectivity index (χ3n) is 6.94. The lowest BCUT2D eigenvalue weighted by molar-refractivity contribution is 0.0600. The van der Waals surface area contributed by atoms with E-state index in [0.29, 0.717) is 17.9 Å². The smallest absolute Gasteiger partial charge is 0.336 e. The number of carbonyl (C=O) groups is 3. The Morgan fingerprint density at radius 2 is 1.41 bits per heavy atom. The van der Waals surface area contributed by atoms with Crippen LogP contribution in [0.25, 0.3) is 0 Å². The number of hydrogen-bond donors (Lipinski definition) is 2. The van der Waals surface area contributed by atoms with E-state index in [0.717, 1.165) is 29.5 Å². The molecule has 1 amide bonds. The van der Waals surface area contributed by atoms with E-state index in [1.54, 1.807) is 4.90 Å². The fourth-order valence-corrected chi connectivity index (χ4v) is 5.19. The van der Waals surface area contributed by atoms with Crippen molar-refractivity contribution in [2.24, 2.45) is 0 Å². The Bertz CT molecular complexity index is 1500. The normalized spacial score (nSPS) is 14.2. The Morgan fingerprint density at radius 3 is 2.13 bits per heavy atom. The van der Waals surface area contributed by atoms with Crippen LogP contribution in [-0.2, 0) is 13.0 Å². The first kappa shape index (κ1) is 25.7. The number of para-hydroxylation sites is 1. The lowest BCUT2D eigenvalue weighted by atomic mass is 9.86. The highest BCUT2D eigenvalue weighted by atomic mass is 16.5. The monoisotopic (exact) mass is 521 g/mol. The summed E-state index contributed by atoms with van der Waals surface area (Å²) in [5, 5.41) is 19.7. The van der Waals surface area contributed by atoms with Gasteiger partial charge in [-0.2, -0.15) is 0 Å². The molecule has 4 aromatic carbocycles. The van der Waals surface area contributed by atoms with Gasteiger partial charge in [0.2, 0.25) is 0 Å². The number of fused-ring (bicyclic) bond motifs is 1. The summed E-state index contributed by atoms with van der Waals surface area (Å²) in [7, 11) is 0. The molecule has 0 radical (unpaired) electrons. The van der Waals surface area contributed by atoms with Crippen molar-refractivity contribution in [2.75, 3.05) is 0 Å². The van der Waals surface area contributed by atoms with Crippen molar-refractivity contribution >= 4 is 17.8 Å². The van der Waals surface area contributed by atoms with Crippen LogP contribution in [0, 0.1) is 0 Å². The molecule has 0 saturated heterocycles. The molecular formula is C32H27NO6. The molecule has 1 aliphatic carbocycles. The van der Waals surface area contributed by atoms with E-state index in [1.165, 1.54) is 18.2 Å². The summed E-state index contributed by atoms with van der Waals surface area (Å²) in [6.45, 7) is 0.136. The molecular weight excluding hydrogens is 494 g/mol. The van der Waals surface area contributed by atoms with Gasteiger partial charge in [0.15, 0.2) is 0 Å². The standard InChI is InChI=1S/C32H27NO6/c34-30(29-26(31(35)36)16-8-17-27(29)32(37)38)33(28-18-7-11-22-10-4-5-15-25(22)28)20-21-9-6-14-24(19-21)39-23-12-2-1-3-13-23/h1-6,8-10,12-17,19,28H,7,11,18,20H2,(H,35,36)(H,37,38)/t28-/m0/s1. The van der Waals surface area contributed by atoms with Crippen LogP contribution in [-0.4, -0.2) is 33.0 Å². The molecule has 0 unspecified atom stereocenters. The van der Waals surface area contributed by atoms with Crippen molar-refractivity contribution in [3.05, 3.63) is 130 Å². The van der Waals surface area contributed by atoms with Crippen LogP contribution in [0.4, 0.5) is 0 Å². The second kappa shape index (κ2) is 11.2. The molecule has 0 heterocycles. The molecule has 0 bridgehead atoms. The highest BCUT2D eigenvalue weighted by Gasteiger charge is 2.34. The second-order valence-corrected chi connectivity index (χ2v) is 9.44. The lowest BCUT2D eigenvalue weighted by Gasteiger charge is -2.36. The zero-order valence-electron chi connectivity index (χ0n) is 21.1. The SMILES string of the molecule is O=C(O)c1cccc(C(=O)O)c1C(=O)N(Cc1cccc(Oc2ccccc2)c1)[C@H]1CCCc2ccccc21. The van der Waals surface area contributed by atoms with E-state index in [-0.39, 0.29) is 29.3 Å². The lowest BCUT2D eigenvalue weighted by Crippen LogP contribution is -2.38. The molecule has 0 fully saturated rings. The van der Waals surface area contributed by atoms with Crippen LogP contribution >= 0.6 is 0 Å². The summed E-state index contributed by atoms with van der Waals surface area (Å²) < 4.78 is 5.99. The van der Waals surface area contributed by atoms with Gasteiger partial charge in [-0.15, -0.1) is 0 Å². The molecule has 1 aliphatic rings. The van der Waals surface area contributed by atoms with E-state index in [1.807, 2.05) is 78.9 Å². The first-order chi connectivity index (χ1) is 18.9. The number of benzene rings is 4. The average molecular weight is 522 g/mol. The van der Waals surface area contributed by atoms with E-state index in [4.69, 9.17) is 4.74 Å². The number of hydrogen-bond acceptors (Lipinski definition) is 4. The quantitative estimate of drug-likeness (QED) is 0.271. The summed E-state index contributed by atoms with van der Waals surface area (Å²) in [5.41, 5.74) is 1.88. The Morgan fingerprint density at radius 1 is 0.769 bits per heavy atom. The molecule has 0 aliphatic heterocycles. The first-order valence-corrected chi connectivity index (χ1v) is 12.7. The number of ether oxygens (including phenoxy) is 1. The summed E-state index contributed by atoms with van der Waals surface area (Å²) in [6, 6.07) is 28.1. The molecule has 2 N–H and O–H groups in total. The van der Waals surface area contributed by atoms with Gasteiger partial charge in [-0.05, 0) is 72.4 Å². The molecule has 0 spiro atoms. The minimum atomic E-state index is -1.36. The van der Waals surface area contributed by atoms with Crippen LogP contribution in [0.5, 0.6) is 11.5 Å². The molecule has 5 rings (SSSR count). The number of amides is 1. The fraction of sp³-hybridized carbons (Fsp3) is 0.156. The predicted molar refractivity (Wildman–Crippen MR) is 145 cm³/mol. The van der Waals surface area contributed by atoms with Gasteiger partial charge in [-0.3, -0.25) is 4.79 Å². The van der Waals surface area contributed by atoms with Crippen molar-refractivity contribution in [1.82, 2.24) is 4.90 Å². The van der Waals surface area contributed by atoms with Gasteiger partial charge in [-0.25, -0.2) is 9.59 Å². The molecule has 4 aromatic rings. The summed E-state index contributed by atoms with van der Waals surface area (Å²) in [4.78, 5) is 40.0. The van der Waals surface area contributed by atoms with Crippen molar-refractivity contribution in [1.29, 1.82) is 0 Å². The van der Waals surface area contributed by atoms with Gasteiger partial charge < -0.3 is 19.8 Å². The maximum atomic E-state index is 14.3. The molecule has 1 atom stereocenters.